The number of piperazine rings is 1. The van der Waals surface area contributed by atoms with E-state index in [-0.39, 0.29) is 23.9 Å². The van der Waals surface area contributed by atoms with E-state index in [1.165, 1.54) is 6.07 Å². The van der Waals surface area contributed by atoms with E-state index in [9.17, 15) is 9.59 Å². The smallest absolute Gasteiger partial charge is 0.410 e. The second kappa shape index (κ2) is 5.96. The number of pyridine rings is 1. The molecule has 2 heterocycles. The molecule has 2 atom stereocenters. The molecule has 7 heteroatoms. The highest BCUT2D eigenvalue weighted by Crippen LogP contribution is 2.37. The van der Waals surface area contributed by atoms with Gasteiger partial charge in [0, 0.05) is 19.1 Å². The topological polar surface area (TPSA) is 83.0 Å². The molecule has 2 aliphatic rings. The van der Waals surface area contributed by atoms with Crippen LogP contribution in [0.4, 0.5) is 10.5 Å². The number of ether oxygens (including phenoxy) is 1. The van der Waals surface area contributed by atoms with Crippen LogP contribution in [0.25, 0.3) is 0 Å². The number of anilines is 1. The highest BCUT2D eigenvalue weighted by molar-refractivity contribution is 5.85. The molecule has 0 radical (unpaired) electrons. The maximum Gasteiger partial charge on any atom is 0.410 e. The van der Waals surface area contributed by atoms with Crippen LogP contribution in [0.2, 0.25) is 0 Å². The Morgan fingerprint density at radius 2 is 1.92 bits per heavy atom. The number of carboxylic acids is 1. The van der Waals surface area contributed by atoms with E-state index >= 15 is 0 Å². The van der Waals surface area contributed by atoms with Crippen molar-refractivity contribution >= 4 is 17.7 Å². The van der Waals surface area contributed by atoms with Gasteiger partial charge in [-0.25, -0.2) is 14.6 Å². The molecule has 0 spiro atoms. The molecule has 0 bridgehead atoms. The van der Waals surface area contributed by atoms with Gasteiger partial charge < -0.3 is 19.6 Å². The zero-order valence-corrected chi connectivity index (χ0v) is 14.2. The van der Waals surface area contributed by atoms with Gasteiger partial charge in [0.1, 0.15) is 11.3 Å². The predicted octanol–water partition coefficient (Wildman–Crippen LogP) is 2.37. The lowest BCUT2D eigenvalue weighted by atomic mass is 9.81. The monoisotopic (exact) mass is 333 g/mol. The van der Waals surface area contributed by atoms with Crippen molar-refractivity contribution in [1.29, 1.82) is 0 Å². The Bertz CT molecular complexity index is 638. The van der Waals surface area contributed by atoms with Crippen molar-refractivity contribution < 1.29 is 19.4 Å². The van der Waals surface area contributed by atoms with Gasteiger partial charge in [-0.2, -0.15) is 0 Å². The van der Waals surface area contributed by atoms with Gasteiger partial charge in [0.25, 0.3) is 0 Å². The van der Waals surface area contributed by atoms with Crippen LogP contribution in [-0.2, 0) is 4.74 Å². The van der Waals surface area contributed by atoms with Crippen LogP contribution in [0.1, 0.15) is 44.1 Å². The fourth-order valence-electron chi connectivity index (χ4n) is 3.29. The van der Waals surface area contributed by atoms with Crippen LogP contribution in [0.3, 0.4) is 0 Å². The van der Waals surface area contributed by atoms with Gasteiger partial charge in [-0.3, -0.25) is 0 Å². The number of carbonyl (C=O) groups is 2. The van der Waals surface area contributed by atoms with Gasteiger partial charge in [-0.15, -0.1) is 0 Å². The van der Waals surface area contributed by atoms with E-state index in [0.29, 0.717) is 13.1 Å². The van der Waals surface area contributed by atoms with Crippen LogP contribution >= 0.6 is 0 Å². The molecule has 1 saturated carbocycles. The predicted molar refractivity (Wildman–Crippen MR) is 88.3 cm³/mol. The molecular formula is C17H23N3O4. The van der Waals surface area contributed by atoms with Crippen molar-refractivity contribution in [2.24, 2.45) is 0 Å². The Balaban J connectivity index is 1.70. The number of nitrogens with zero attached hydrogens (tertiary/aromatic N) is 3. The lowest BCUT2D eigenvalue weighted by molar-refractivity contribution is -0.00447. The van der Waals surface area contributed by atoms with Crippen LogP contribution in [0.15, 0.2) is 18.3 Å². The van der Waals surface area contributed by atoms with Crippen LogP contribution in [0, 0.1) is 0 Å². The zero-order valence-electron chi connectivity index (χ0n) is 14.2. The fraction of sp³-hybridized carbons (Fsp3) is 0.588. The molecule has 1 N–H and O–H groups in total. The molecule has 1 aromatic heterocycles. The summed E-state index contributed by atoms with van der Waals surface area (Å²) in [5.74, 6) is -1.03. The SMILES string of the molecule is CC(C)(C)OC(=O)N1CCN(c2ccc(C(=O)O)nc2)[C@H]2CC[C@H]21. The Morgan fingerprint density at radius 1 is 1.21 bits per heavy atom. The minimum absolute atomic E-state index is 0.0382. The van der Waals surface area contributed by atoms with Gasteiger partial charge >= 0.3 is 12.1 Å². The molecule has 1 saturated heterocycles. The molecule has 0 unspecified atom stereocenters. The molecule has 1 amide bonds. The summed E-state index contributed by atoms with van der Waals surface area (Å²) < 4.78 is 5.50. The quantitative estimate of drug-likeness (QED) is 0.894. The van der Waals surface area contributed by atoms with Gasteiger partial charge in [0.05, 0.1) is 17.9 Å². The Labute approximate surface area is 141 Å². The lowest BCUT2D eigenvalue weighted by Crippen LogP contribution is -2.66. The molecule has 1 aliphatic heterocycles. The van der Waals surface area contributed by atoms with E-state index in [4.69, 9.17) is 9.84 Å². The first-order valence-corrected chi connectivity index (χ1v) is 8.22. The average Bonchev–Trinajstić information content (AvgIpc) is 2.46. The molecular weight excluding hydrogens is 310 g/mol. The van der Waals surface area contributed by atoms with Gasteiger partial charge in [-0.1, -0.05) is 0 Å². The van der Waals surface area contributed by atoms with Crippen molar-refractivity contribution in [2.45, 2.75) is 51.3 Å². The maximum absolute atomic E-state index is 12.4. The lowest BCUT2D eigenvalue weighted by Gasteiger charge is -2.54. The Kier molecular flexibility index (Phi) is 4.11. The van der Waals surface area contributed by atoms with Crippen molar-refractivity contribution in [3.63, 3.8) is 0 Å². The highest BCUT2D eigenvalue weighted by atomic mass is 16.6. The number of amides is 1. The summed E-state index contributed by atoms with van der Waals surface area (Å²) in [5.41, 5.74) is 0.444. The second-order valence-corrected chi connectivity index (χ2v) is 7.29. The molecule has 1 aliphatic carbocycles. The number of aromatic nitrogens is 1. The first-order chi connectivity index (χ1) is 11.3. The number of hydrogen-bond donors (Lipinski definition) is 1. The molecule has 7 nitrogen and oxygen atoms in total. The van der Waals surface area contributed by atoms with E-state index in [0.717, 1.165) is 18.5 Å². The van der Waals surface area contributed by atoms with E-state index in [2.05, 4.69) is 9.88 Å². The Hall–Kier alpha value is -2.31. The van der Waals surface area contributed by atoms with Gasteiger partial charge in [-0.05, 0) is 45.7 Å². The van der Waals surface area contributed by atoms with Gasteiger partial charge in [0.2, 0.25) is 0 Å². The first-order valence-electron chi connectivity index (χ1n) is 8.22. The first kappa shape index (κ1) is 16.5. The number of carbonyl (C=O) groups excluding carboxylic acids is 1. The van der Waals surface area contributed by atoms with Crippen molar-refractivity contribution in [1.82, 2.24) is 9.88 Å². The van der Waals surface area contributed by atoms with Crippen molar-refractivity contribution in [3.05, 3.63) is 24.0 Å². The van der Waals surface area contributed by atoms with E-state index in [1.54, 1.807) is 12.3 Å². The van der Waals surface area contributed by atoms with Crippen LogP contribution in [0.5, 0.6) is 0 Å². The zero-order chi connectivity index (χ0) is 17.5. The highest BCUT2D eigenvalue weighted by Gasteiger charge is 2.46. The maximum atomic E-state index is 12.4. The summed E-state index contributed by atoms with van der Waals surface area (Å²) in [6.45, 7) is 6.89. The summed E-state index contributed by atoms with van der Waals surface area (Å²) in [6.07, 6.45) is 3.31. The van der Waals surface area contributed by atoms with Gasteiger partial charge in [0.15, 0.2) is 0 Å². The number of carboxylic acid groups (broad SMARTS) is 1. The number of aromatic carboxylic acids is 1. The summed E-state index contributed by atoms with van der Waals surface area (Å²) in [5, 5.41) is 8.95. The largest absolute Gasteiger partial charge is 0.477 e. The Morgan fingerprint density at radius 3 is 2.42 bits per heavy atom. The third kappa shape index (κ3) is 3.16. The minimum Gasteiger partial charge on any atom is -0.477 e. The minimum atomic E-state index is -1.03. The average molecular weight is 333 g/mol. The summed E-state index contributed by atoms with van der Waals surface area (Å²) in [7, 11) is 0. The van der Waals surface area contributed by atoms with E-state index < -0.39 is 11.6 Å². The fourth-order valence-corrected chi connectivity index (χ4v) is 3.29. The normalized spacial score (nSPS) is 23.3. The number of fused-ring (bicyclic) bond motifs is 1. The second-order valence-electron chi connectivity index (χ2n) is 7.29. The molecule has 3 rings (SSSR count). The number of hydrogen-bond acceptors (Lipinski definition) is 5. The standard InChI is InChI=1S/C17H23N3O4/c1-17(2,3)24-16(23)20-9-8-19(13-6-7-14(13)20)11-4-5-12(15(21)22)18-10-11/h4-5,10,13-14H,6-9H2,1-3H3,(H,21,22)/t13-,14+/m0/s1. The third-order valence-corrected chi connectivity index (χ3v) is 4.51. The molecule has 24 heavy (non-hydrogen) atoms. The summed E-state index contributed by atoms with van der Waals surface area (Å²) in [6, 6.07) is 3.69. The third-order valence-electron chi connectivity index (χ3n) is 4.51. The molecule has 0 aromatic carbocycles. The number of rotatable bonds is 2. The molecule has 130 valence electrons. The van der Waals surface area contributed by atoms with E-state index in [1.807, 2.05) is 25.7 Å². The summed E-state index contributed by atoms with van der Waals surface area (Å²) in [4.78, 5) is 31.3. The summed E-state index contributed by atoms with van der Waals surface area (Å²) >= 11 is 0. The van der Waals surface area contributed by atoms with Crippen molar-refractivity contribution in [2.75, 3.05) is 18.0 Å². The molecule has 1 aromatic rings. The van der Waals surface area contributed by atoms with Crippen molar-refractivity contribution in [3.8, 4) is 0 Å². The van der Waals surface area contributed by atoms with Crippen LogP contribution in [-0.4, -0.2) is 57.8 Å². The molecule has 2 fully saturated rings. The van der Waals surface area contributed by atoms with Crippen LogP contribution < -0.4 is 4.90 Å².